The maximum Gasteiger partial charge on any atom is 0.254 e. The van der Waals surface area contributed by atoms with Crippen LogP contribution in [0.2, 0.25) is 6.82 Å². The van der Waals surface area contributed by atoms with Gasteiger partial charge in [-0.2, -0.15) is 0 Å². The monoisotopic (exact) mass is 556 g/mol. The van der Waals surface area contributed by atoms with Gasteiger partial charge in [-0.3, -0.25) is 14.7 Å². The highest BCUT2D eigenvalue weighted by Crippen LogP contribution is 2.46. The van der Waals surface area contributed by atoms with E-state index in [0.29, 0.717) is 46.0 Å². The number of carbonyl (C=O) groups is 1. The largest absolute Gasteiger partial charge is 0.493 e. The molecule has 0 saturated carbocycles. The van der Waals surface area contributed by atoms with E-state index in [4.69, 9.17) is 14.9 Å². The molecule has 1 aromatic heterocycles. The number of fused-ring (bicyclic) bond motifs is 2. The predicted octanol–water partition coefficient (Wildman–Crippen LogP) is 5.72. The first kappa shape index (κ1) is 27.9. The van der Waals surface area contributed by atoms with Gasteiger partial charge >= 0.3 is 0 Å². The number of carbonyl (C=O) groups excluding carboxylic acids is 1. The number of methoxy groups -OCH3 is 2. The van der Waals surface area contributed by atoms with Crippen LogP contribution in [0.15, 0.2) is 54.9 Å². The first-order chi connectivity index (χ1) is 19.6. The first-order valence-corrected chi connectivity index (χ1v) is 12.9. The topological polar surface area (TPSA) is 82.0 Å². The fourth-order valence-corrected chi connectivity index (χ4v) is 5.22. The Hall–Kier alpha value is -4.67. The van der Waals surface area contributed by atoms with E-state index in [-0.39, 0.29) is 35.5 Å². The van der Waals surface area contributed by atoms with Gasteiger partial charge in [0, 0.05) is 54.0 Å². The van der Waals surface area contributed by atoms with Crippen LogP contribution in [-0.4, -0.2) is 50.0 Å². The third-order valence-electron chi connectivity index (χ3n) is 7.27. The number of aromatic nitrogens is 1. The summed E-state index contributed by atoms with van der Waals surface area (Å²) >= 11 is 0. The quantitative estimate of drug-likeness (QED) is 0.296. The Kier molecular flexibility index (Phi) is 7.29. The Labute approximate surface area is 238 Å². The van der Waals surface area contributed by atoms with Gasteiger partial charge in [-0.1, -0.05) is 19.5 Å². The summed E-state index contributed by atoms with van der Waals surface area (Å²) in [5.74, 6) is -0.258. The van der Waals surface area contributed by atoms with Crippen molar-refractivity contribution in [3.05, 3.63) is 88.9 Å². The van der Waals surface area contributed by atoms with Crippen molar-refractivity contribution in [2.45, 2.75) is 26.8 Å². The normalized spacial score (nSPS) is 14.7. The van der Waals surface area contributed by atoms with E-state index in [1.54, 1.807) is 36.0 Å². The van der Waals surface area contributed by atoms with Crippen LogP contribution in [0, 0.1) is 17.0 Å². The Bertz CT molecular complexity index is 1610. The molecule has 0 bridgehead atoms. The summed E-state index contributed by atoms with van der Waals surface area (Å²) in [6.07, 6.45) is 1.63. The molecule has 8 nitrogen and oxygen atoms in total. The molecule has 0 aliphatic carbocycles. The van der Waals surface area contributed by atoms with Gasteiger partial charge in [-0.15, -0.1) is 5.98 Å². The zero-order valence-electron chi connectivity index (χ0n) is 23.5. The molecule has 3 heterocycles. The second-order valence-electron chi connectivity index (χ2n) is 9.84. The van der Waals surface area contributed by atoms with Crippen molar-refractivity contribution in [2.24, 2.45) is 0 Å². The minimum atomic E-state index is -0.909. The summed E-state index contributed by atoms with van der Waals surface area (Å²) < 4.78 is 41.8. The maximum absolute atomic E-state index is 15.7. The van der Waals surface area contributed by atoms with Gasteiger partial charge < -0.3 is 24.7 Å². The van der Waals surface area contributed by atoms with E-state index in [9.17, 15) is 4.79 Å². The fraction of sp³-hybridized carbons (Fsp3) is 0.233. The maximum atomic E-state index is 15.7. The molecule has 0 spiro atoms. The molecule has 1 radical (unpaired) electrons. The lowest BCUT2D eigenvalue weighted by Gasteiger charge is -2.41. The average Bonchev–Trinajstić information content (AvgIpc) is 3.24. The smallest absolute Gasteiger partial charge is 0.254 e. The Morgan fingerprint density at radius 1 is 1.10 bits per heavy atom. The molecule has 0 fully saturated rings. The van der Waals surface area contributed by atoms with E-state index in [1.807, 2.05) is 38.3 Å². The summed E-state index contributed by atoms with van der Waals surface area (Å²) in [7, 11) is 6.15. The number of allylic oxidation sites excluding steroid dienone is 1. The second kappa shape index (κ2) is 10.7. The molecule has 1 amide bonds. The molecule has 5 rings (SSSR count). The number of anilines is 3. The van der Waals surface area contributed by atoms with Crippen molar-refractivity contribution >= 4 is 41.5 Å². The van der Waals surface area contributed by atoms with Crippen LogP contribution in [0.5, 0.6) is 11.5 Å². The Morgan fingerprint density at radius 3 is 2.39 bits per heavy atom. The molecular formula is C30H29BF2N5O3. The molecular weight excluding hydrogens is 527 g/mol. The number of amides is 1. The molecule has 41 heavy (non-hydrogen) atoms. The van der Waals surface area contributed by atoms with Gasteiger partial charge in [0.05, 0.1) is 32.1 Å². The van der Waals surface area contributed by atoms with Crippen molar-refractivity contribution in [3.8, 4) is 11.5 Å². The Balaban J connectivity index is 1.74. The van der Waals surface area contributed by atoms with Crippen molar-refractivity contribution in [1.29, 1.82) is 5.41 Å². The third-order valence-corrected chi connectivity index (χ3v) is 7.27. The van der Waals surface area contributed by atoms with Crippen LogP contribution in [0.25, 0.3) is 5.57 Å². The molecule has 2 aliphatic rings. The van der Waals surface area contributed by atoms with Crippen molar-refractivity contribution in [2.75, 3.05) is 31.1 Å². The van der Waals surface area contributed by atoms with Gasteiger partial charge in [-0.25, -0.2) is 8.78 Å². The number of ether oxygens (including phenoxy) is 2. The van der Waals surface area contributed by atoms with E-state index in [2.05, 4.69) is 11.6 Å². The minimum absolute atomic E-state index is 0.0389. The van der Waals surface area contributed by atoms with Gasteiger partial charge in [0.1, 0.15) is 18.8 Å². The average molecular weight is 556 g/mol. The molecule has 0 atom stereocenters. The molecule has 209 valence electrons. The molecule has 3 aromatic rings. The van der Waals surface area contributed by atoms with E-state index in [0.717, 1.165) is 11.6 Å². The summed E-state index contributed by atoms with van der Waals surface area (Å²) in [6.45, 7) is 8.32. The van der Waals surface area contributed by atoms with E-state index in [1.165, 1.54) is 19.1 Å². The van der Waals surface area contributed by atoms with Crippen molar-refractivity contribution < 1.29 is 23.0 Å². The molecule has 2 aliphatic heterocycles. The zero-order chi connectivity index (χ0) is 29.6. The summed E-state index contributed by atoms with van der Waals surface area (Å²) in [5, 5.41) is 8.26. The number of nitrogens with one attached hydrogen (secondary N) is 1. The van der Waals surface area contributed by atoms with E-state index >= 15 is 8.78 Å². The molecule has 11 heteroatoms. The first-order valence-electron chi connectivity index (χ1n) is 12.9. The Morgan fingerprint density at radius 2 is 1.78 bits per heavy atom. The van der Waals surface area contributed by atoms with Gasteiger partial charge in [-0.05, 0) is 30.7 Å². The summed E-state index contributed by atoms with van der Waals surface area (Å²) in [5.41, 5.74) is 4.44. The molecule has 2 aromatic carbocycles. The van der Waals surface area contributed by atoms with Gasteiger partial charge in [0.25, 0.3) is 5.91 Å². The number of benzene rings is 2. The second-order valence-corrected chi connectivity index (χ2v) is 9.84. The highest BCUT2D eigenvalue weighted by Gasteiger charge is 2.35. The highest BCUT2D eigenvalue weighted by molar-refractivity contribution is 6.45. The lowest BCUT2D eigenvalue weighted by molar-refractivity contribution is 0.0816. The number of rotatable bonds is 7. The molecule has 0 unspecified atom stereocenters. The van der Waals surface area contributed by atoms with Crippen LogP contribution < -0.4 is 19.3 Å². The number of hydrogen-bond acceptors (Lipinski definition) is 7. The lowest BCUT2D eigenvalue weighted by Crippen LogP contribution is -2.38. The SMILES string of the molecule is C=C1N(c2c(F)c(OC)cc(OC)c2F)Cc2cnc(/C(=C/[B]C)C(C)=N)cc2N1c1ccc2c(c1)C(=O)N(C)C2. The number of halogens is 2. The summed E-state index contributed by atoms with van der Waals surface area (Å²) in [4.78, 5) is 22.2. The fourth-order valence-electron chi connectivity index (χ4n) is 5.22. The zero-order valence-corrected chi connectivity index (χ0v) is 23.5. The van der Waals surface area contributed by atoms with Crippen LogP contribution in [0.4, 0.5) is 25.8 Å². The third kappa shape index (κ3) is 4.61. The van der Waals surface area contributed by atoms with Crippen LogP contribution in [0.3, 0.4) is 0 Å². The molecule has 1 N–H and O–H groups in total. The predicted molar refractivity (Wildman–Crippen MR) is 156 cm³/mol. The van der Waals surface area contributed by atoms with Crippen LogP contribution >= 0.6 is 0 Å². The van der Waals surface area contributed by atoms with Crippen LogP contribution in [0.1, 0.15) is 34.1 Å². The summed E-state index contributed by atoms with van der Waals surface area (Å²) in [6, 6.07) is 8.46. The van der Waals surface area contributed by atoms with Crippen molar-refractivity contribution in [3.63, 3.8) is 0 Å². The standard InChI is InChI=1S/C30H29BF2N5O3/c1-16(34)22(12-31-3)23-10-24-19(13-35-23)15-37(29-27(32)25(40-5)11-26(41-6)28(29)33)17(2)38(24)20-8-7-18-14-36(4)30(39)21(18)9-20/h7-13,34H,2,14-15H2,1,3-6H3/b22-12+,34-16?. The highest BCUT2D eigenvalue weighted by atomic mass is 19.1. The number of nitrogens with zero attached hydrogens (tertiary/aromatic N) is 4. The lowest BCUT2D eigenvalue weighted by atomic mass is 9.79. The number of pyridine rings is 1. The van der Waals surface area contributed by atoms with E-state index < -0.39 is 11.6 Å². The molecule has 0 saturated heterocycles. The number of hydrogen-bond donors (Lipinski definition) is 1. The van der Waals surface area contributed by atoms with Crippen LogP contribution in [-0.2, 0) is 13.1 Å². The van der Waals surface area contributed by atoms with Gasteiger partial charge in [0.2, 0.25) is 0 Å². The minimum Gasteiger partial charge on any atom is -0.493 e. The van der Waals surface area contributed by atoms with Gasteiger partial charge in [0.15, 0.2) is 23.1 Å². The van der Waals surface area contributed by atoms with Crippen molar-refractivity contribution in [1.82, 2.24) is 9.88 Å².